The molecular formula is C27H27F3N4O4. The Labute approximate surface area is 216 Å². The first-order chi connectivity index (χ1) is 18.0. The van der Waals surface area contributed by atoms with Crippen LogP contribution < -0.4 is 10.5 Å². The molecule has 2 aromatic heterocycles. The molecular weight excluding hydrogens is 501 g/mol. The third-order valence-electron chi connectivity index (χ3n) is 6.10. The molecule has 0 aliphatic rings. The molecule has 0 fully saturated rings. The maximum Gasteiger partial charge on any atom is 0.433 e. The Balaban J connectivity index is 1.67. The lowest BCUT2D eigenvalue weighted by Gasteiger charge is -2.19. The first-order valence-electron chi connectivity index (χ1n) is 11.8. The number of fused-ring (bicyclic) bond motifs is 1. The van der Waals surface area contributed by atoms with Gasteiger partial charge >= 0.3 is 6.18 Å². The van der Waals surface area contributed by atoms with E-state index in [2.05, 4.69) is 9.97 Å². The van der Waals surface area contributed by atoms with Crippen LogP contribution in [0, 0.1) is 0 Å². The number of alkyl halides is 3. The molecule has 0 saturated heterocycles. The van der Waals surface area contributed by atoms with Crippen molar-refractivity contribution in [1.29, 1.82) is 0 Å². The van der Waals surface area contributed by atoms with Crippen LogP contribution >= 0.6 is 0 Å². The van der Waals surface area contributed by atoms with Crippen molar-refractivity contribution in [2.45, 2.75) is 31.7 Å². The number of nitrogens with zero attached hydrogens (tertiary/aromatic N) is 3. The van der Waals surface area contributed by atoms with Gasteiger partial charge in [0.25, 0.3) is 5.91 Å². The van der Waals surface area contributed by atoms with E-state index >= 15 is 0 Å². The molecule has 2 atom stereocenters. The fraction of sp³-hybridized carbons (Fsp3) is 0.296. The van der Waals surface area contributed by atoms with Crippen LogP contribution in [0.2, 0.25) is 0 Å². The Hall–Kier alpha value is -3.96. The van der Waals surface area contributed by atoms with Gasteiger partial charge in [-0.15, -0.1) is 0 Å². The van der Waals surface area contributed by atoms with Gasteiger partial charge in [-0.25, -0.2) is 9.97 Å². The number of hydrogen-bond donors (Lipinski definition) is 2. The van der Waals surface area contributed by atoms with Crippen molar-refractivity contribution in [3.05, 3.63) is 77.3 Å². The van der Waals surface area contributed by atoms with Gasteiger partial charge in [0.05, 0.1) is 19.3 Å². The van der Waals surface area contributed by atoms with E-state index in [1.165, 1.54) is 24.1 Å². The summed E-state index contributed by atoms with van der Waals surface area (Å²) in [5.41, 5.74) is 6.01. The lowest BCUT2D eigenvalue weighted by atomic mass is 10.1. The Morgan fingerprint density at radius 2 is 1.84 bits per heavy atom. The summed E-state index contributed by atoms with van der Waals surface area (Å²) in [5.74, 6) is -0.193. The van der Waals surface area contributed by atoms with Crippen LogP contribution in [0.1, 0.15) is 53.0 Å². The van der Waals surface area contributed by atoms with Gasteiger partial charge in [-0.3, -0.25) is 4.79 Å². The molecule has 11 heteroatoms. The van der Waals surface area contributed by atoms with Gasteiger partial charge in [0, 0.05) is 24.5 Å². The van der Waals surface area contributed by atoms with E-state index < -0.39 is 29.9 Å². The zero-order chi connectivity index (χ0) is 27.6. The van der Waals surface area contributed by atoms with Crippen LogP contribution in [0.4, 0.5) is 13.2 Å². The van der Waals surface area contributed by atoms with Crippen LogP contribution in [0.3, 0.4) is 0 Å². The topological polar surface area (TPSA) is 115 Å². The Kier molecular flexibility index (Phi) is 7.70. The van der Waals surface area contributed by atoms with Crippen molar-refractivity contribution in [3.63, 3.8) is 0 Å². The molecule has 0 aliphatic heterocycles. The number of amides is 1. The van der Waals surface area contributed by atoms with E-state index in [1.807, 2.05) is 18.2 Å². The standard InChI is InChI=1S/C27H27F3N4O4/c1-15(31)24-23(26(36)34(2)14-13-19(35)16-7-5-4-6-8-16)33-25(38-24)18-9-11-20(37-3)22-17(18)10-12-21(32-22)27(28,29)30/h4-12,15,19,35H,13-14,31H2,1-3H3/t15-,19?/m0/s1. The number of aliphatic hydroxyl groups excluding tert-OH is 1. The molecule has 4 rings (SSSR count). The normalized spacial score (nSPS) is 13.4. The number of oxazole rings is 1. The van der Waals surface area contributed by atoms with Crippen LogP contribution in [0.5, 0.6) is 5.75 Å². The second-order valence-corrected chi connectivity index (χ2v) is 8.87. The van der Waals surface area contributed by atoms with Crippen LogP contribution in [-0.2, 0) is 6.18 Å². The number of carbonyl (C=O) groups is 1. The minimum Gasteiger partial charge on any atom is -0.494 e. The molecule has 4 aromatic rings. The zero-order valence-corrected chi connectivity index (χ0v) is 21.0. The number of halogens is 3. The molecule has 200 valence electrons. The summed E-state index contributed by atoms with van der Waals surface area (Å²) in [6.07, 6.45) is -5.11. The van der Waals surface area contributed by atoms with Crippen LogP contribution in [-0.4, -0.2) is 46.6 Å². The van der Waals surface area contributed by atoms with Crippen molar-refractivity contribution in [3.8, 4) is 17.2 Å². The predicted octanol–water partition coefficient (Wildman–Crippen LogP) is 5.13. The highest BCUT2D eigenvalue weighted by atomic mass is 19.4. The molecule has 0 bridgehead atoms. The third kappa shape index (κ3) is 5.48. The smallest absolute Gasteiger partial charge is 0.433 e. The van der Waals surface area contributed by atoms with Crippen molar-refractivity contribution in [1.82, 2.24) is 14.9 Å². The average Bonchev–Trinajstić information content (AvgIpc) is 3.35. The van der Waals surface area contributed by atoms with Gasteiger partial charge in [-0.05, 0) is 43.2 Å². The first-order valence-corrected chi connectivity index (χ1v) is 11.8. The number of rotatable bonds is 8. The van der Waals surface area contributed by atoms with Gasteiger partial charge in [-0.1, -0.05) is 30.3 Å². The number of hydrogen-bond acceptors (Lipinski definition) is 7. The molecule has 8 nitrogen and oxygen atoms in total. The highest BCUT2D eigenvalue weighted by Crippen LogP contribution is 2.37. The summed E-state index contributed by atoms with van der Waals surface area (Å²) < 4.78 is 51.0. The molecule has 0 saturated carbocycles. The van der Waals surface area contributed by atoms with E-state index in [0.717, 1.165) is 11.6 Å². The molecule has 1 unspecified atom stereocenters. The Bertz CT molecular complexity index is 1440. The van der Waals surface area contributed by atoms with E-state index in [9.17, 15) is 23.1 Å². The van der Waals surface area contributed by atoms with Gasteiger partial charge in [0.1, 0.15) is 17.0 Å². The number of aromatic nitrogens is 2. The van der Waals surface area contributed by atoms with Crippen molar-refractivity contribution >= 4 is 16.8 Å². The number of pyridine rings is 1. The molecule has 0 aliphatic carbocycles. The number of nitrogens with two attached hydrogens (primary N) is 1. The van der Waals surface area contributed by atoms with E-state index in [4.69, 9.17) is 14.9 Å². The second kappa shape index (κ2) is 10.8. The average molecular weight is 529 g/mol. The minimum absolute atomic E-state index is 0.00702. The van der Waals surface area contributed by atoms with Crippen LogP contribution in [0.25, 0.3) is 22.4 Å². The first kappa shape index (κ1) is 27.1. The maximum absolute atomic E-state index is 13.3. The van der Waals surface area contributed by atoms with Crippen molar-refractivity contribution in [2.75, 3.05) is 20.7 Å². The summed E-state index contributed by atoms with van der Waals surface area (Å²) in [4.78, 5) is 22.8. The number of carbonyl (C=O) groups excluding carboxylic acids is 1. The molecule has 1 amide bonds. The number of aliphatic hydroxyl groups is 1. The molecule has 2 aromatic carbocycles. The Morgan fingerprint density at radius 3 is 2.47 bits per heavy atom. The van der Waals surface area contributed by atoms with E-state index in [0.29, 0.717) is 17.4 Å². The molecule has 0 radical (unpaired) electrons. The van der Waals surface area contributed by atoms with Crippen LogP contribution in [0.15, 0.2) is 59.0 Å². The van der Waals surface area contributed by atoms with Gasteiger partial charge in [0.15, 0.2) is 11.5 Å². The lowest BCUT2D eigenvalue weighted by molar-refractivity contribution is -0.140. The molecule has 38 heavy (non-hydrogen) atoms. The van der Waals surface area contributed by atoms with Gasteiger partial charge in [0.2, 0.25) is 5.89 Å². The zero-order valence-electron chi connectivity index (χ0n) is 21.0. The summed E-state index contributed by atoms with van der Waals surface area (Å²) in [6.45, 7) is 1.86. The summed E-state index contributed by atoms with van der Waals surface area (Å²) in [5, 5.41) is 10.8. The minimum atomic E-state index is -4.64. The summed E-state index contributed by atoms with van der Waals surface area (Å²) in [7, 11) is 2.90. The highest BCUT2D eigenvalue weighted by molar-refractivity contribution is 5.98. The number of ether oxygens (including phenoxy) is 1. The Morgan fingerprint density at radius 1 is 1.13 bits per heavy atom. The summed E-state index contributed by atoms with van der Waals surface area (Å²) in [6, 6.07) is 13.5. The second-order valence-electron chi connectivity index (χ2n) is 8.87. The predicted molar refractivity (Wildman–Crippen MR) is 134 cm³/mol. The molecule has 2 heterocycles. The fourth-order valence-electron chi connectivity index (χ4n) is 4.05. The molecule has 3 N–H and O–H groups in total. The number of methoxy groups -OCH3 is 1. The van der Waals surface area contributed by atoms with Gasteiger partial charge < -0.3 is 24.9 Å². The monoisotopic (exact) mass is 528 g/mol. The third-order valence-corrected chi connectivity index (χ3v) is 6.10. The quantitative estimate of drug-likeness (QED) is 0.326. The number of benzene rings is 2. The van der Waals surface area contributed by atoms with Gasteiger partial charge in [-0.2, -0.15) is 13.2 Å². The van der Waals surface area contributed by atoms with E-state index in [-0.39, 0.29) is 35.2 Å². The SMILES string of the molecule is COc1ccc(-c2nc(C(=O)N(C)CCC(O)c3ccccc3)c([C@H](C)N)o2)c2ccc(C(F)(F)F)nc12. The highest BCUT2D eigenvalue weighted by Gasteiger charge is 2.33. The molecule has 0 spiro atoms. The van der Waals surface area contributed by atoms with Crippen molar-refractivity contribution in [2.24, 2.45) is 5.73 Å². The lowest BCUT2D eigenvalue weighted by Crippen LogP contribution is -2.30. The largest absolute Gasteiger partial charge is 0.494 e. The fourth-order valence-corrected chi connectivity index (χ4v) is 4.05. The van der Waals surface area contributed by atoms with Crippen molar-refractivity contribution < 1.29 is 32.2 Å². The maximum atomic E-state index is 13.3. The van der Waals surface area contributed by atoms with E-state index in [1.54, 1.807) is 32.2 Å². The summed E-state index contributed by atoms with van der Waals surface area (Å²) >= 11 is 0.